The molecule has 0 spiro atoms. The van der Waals surface area contributed by atoms with E-state index in [1.807, 2.05) is 45.3 Å². The highest BCUT2D eigenvalue weighted by molar-refractivity contribution is 7.15. The van der Waals surface area contributed by atoms with Crippen molar-refractivity contribution in [3.63, 3.8) is 0 Å². The van der Waals surface area contributed by atoms with Crippen molar-refractivity contribution in [3.05, 3.63) is 89.6 Å². The minimum Gasteiger partial charge on any atom is -0.144 e. The maximum Gasteiger partial charge on any atom is 0.0356 e. The van der Waals surface area contributed by atoms with Crippen LogP contribution in [0.25, 0.3) is 22.3 Å². The summed E-state index contributed by atoms with van der Waals surface area (Å²) in [5.41, 5.74) is 5.66. The van der Waals surface area contributed by atoms with Gasteiger partial charge in [-0.1, -0.05) is 24.3 Å². The Bertz CT molecular complexity index is 828. The summed E-state index contributed by atoms with van der Waals surface area (Å²) in [6.07, 6.45) is 0. The monoisotopic (exact) mass is 380 g/mol. The lowest BCUT2D eigenvalue weighted by Crippen LogP contribution is -2.07. The predicted octanol–water partition coefficient (Wildman–Crippen LogP) is 7.47. The number of hydrogen-bond donors (Lipinski definition) is 0. The number of hydrogen-bond acceptors (Lipinski definition) is 4. The van der Waals surface area contributed by atoms with E-state index < -0.39 is 0 Å². The lowest BCUT2D eigenvalue weighted by molar-refractivity contribution is 1.70. The van der Waals surface area contributed by atoms with Crippen molar-refractivity contribution in [2.75, 3.05) is 0 Å². The molecule has 4 aromatic heterocycles. The maximum absolute atomic E-state index is 2.24. The van der Waals surface area contributed by atoms with Gasteiger partial charge in [-0.05, 0) is 45.8 Å². The second kappa shape index (κ2) is 5.97. The summed E-state index contributed by atoms with van der Waals surface area (Å²) in [6, 6.07) is 17.6. The molecule has 4 heteroatoms. The quantitative estimate of drug-likeness (QED) is 0.344. The van der Waals surface area contributed by atoms with Gasteiger partial charge in [0.25, 0.3) is 0 Å². The maximum atomic E-state index is 2.24. The molecule has 0 atom stereocenters. The zero-order valence-corrected chi connectivity index (χ0v) is 15.8. The van der Waals surface area contributed by atoms with E-state index in [1.54, 1.807) is 0 Å². The van der Waals surface area contributed by atoms with Gasteiger partial charge in [-0.3, -0.25) is 0 Å². The van der Waals surface area contributed by atoms with E-state index in [9.17, 15) is 0 Å². The fraction of sp³-hybridized carbons (Fsp3) is 0. The summed E-state index contributed by atoms with van der Waals surface area (Å²) in [5.74, 6) is 0. The molecule has 0 fully saturated rings. The third kappa shape index (κ3) is 2.22. The van der Waals surface area contributed by atoms with Crippen LogP contribution in [0.4, 0.5) is 0 Å². The molecular formula is C20H12S4. The van der Waals surface area contributed by atoms with E-state index in [1.165, 1.54) is 41.8 Å². The van der Waals surface area contributed by atoms with Crippen LogP contribution in [0.1, 0.15) is 19.5 Å². The summed E-state index contributed by atoms with van der Waals surface area (Å²) >= 11 is 7.32. The van der Waals surface area contributed by atoms with Crippen molar-refractivity contribution in [2.24, 2.45) is 0 Å². The summed E-state index contributed by atoms with van der Waals surface area (Å²) in [5, 5.41) is 8.68. The molecule has 4 aromatic rings. The first-order chi connectivity index (χ1) is 11.9. The first-order valence-corrected chi connectivity index (χ1v) is 11.1. The Balaban J connectivity index is 1.79. The Morgan fingerprint density at radius 2 is 0.625 bits per heavy atom. The SMILES string of the molecule is c1csc(C2=C(c3cccs3)C(c3cccs3)=C2c2cccs2)c1. The Morgan fingerprint density at radius 1 is 0.375 bits per heavy atom. The number of rotatable bonds is 4. The lowest BCUT2D eigenvalue weighted by Gasteiger charge is -2.30. The van der Waals surface area contributed by atoms with Crippen molar-refractivity contribution in [2.45, 2.75) is 0 Å². The molecule has 0 bridgehead atoms. The molecular weight excluding hydrogens is 368 g/mol. The van der Waals surface area contributed by atoms with Gasteiger partial charge in [0, 0.05) is 41.8 Å². The Labute approximate surface area is 156 Å². The van der Waals surface area contributed by atoms with Crippen molar-refractivity contribution < 1.29 is 0 Å². The van der Waals surface area contributed by atoms with Crippen LogP contribution in [-0.2, 0) is 0 Å². The van der Waals surface area contributed by atoms with E-state index in [4.69, 9.17) is 0 Å². The molecule has 0 saturated heterocycles. The van der Waals surface area contributed by atoms with Crippen molar-refractivity contribution in [1.29, 1.82) is 0 Å². The van der Waals surface area contributed by atoms with E-state index in [-0.39, 0.29) is 0 Å². The van der Waals surface area contributed by atoms with Crippen molar-refractivity contribution in [1.82, 2.24) is 0 Å². The van der Waals surface area contributed by atoms with E-state index >= 15 is 0 Å². The van der Waals surface area contributed by atoms with E-state index in [0.717, 1.165) is 0 Å². The van der Waals surface area contributed by atoms with Crippen LogP contribution >= 0.6 is 45.3 Å². The minimum absolute atomic E-state index is 1.36. The van der Waals surface area contributed by atoms with Gasteiger partial charge >= 0.3 is 0 Å². The second-order valence-corrected chi connectivity index (χ2v) is 9.20. The van der Waals surface area contributed by atoms with Crippen molar-refractivity contribution >= 4 is 67.6 Å². The Kier molecular flexibility index (Phi) is 3.64. The van der Waals surface area contributed by atoms with Gasteiger partial charge in [0.05, 0.1) is 0 Å². The largest absolute Gasteiger partial charge is 0.144 e. The number of thiophene rings is 4. The summed E-state index contributed by atoms with van der Waals surface area (Å²) in [7, 11) is 0. The Hall–Kier alpha value is -1.72. The first kappa shape index (κ1) is 14.6. The van der Waals surface area contributed by atoms with Crippen LogP contribution in [0.15, 0.2) is 70.1 Å². The van der Waals surface area contributed by atoms with Gasteiger partial charge in [0.2, 0.25) is 0 Å². The average Bonchev–Trinajstić information content (AvgIpc) is 3.37. The highest BCUT2D eigenvalue weighted by Gasteiger charge is 2.34. The number of allylic oxidation sites excluding steroid dienone is 4. The molecule has 116 valence electrons. The first-order valence-electron chi connectivity index (χ1n) is 7.58. The molecule has 4 heterocycles. The van der Waals surface area contributed by atoms with Crippen LogP contribution in [0.2, 0.25) is 0 Å². The molecule has 0 saturated carbocycles. The molecule has 0 amide bonds. The van der Waals surface area contributed by atoms with Gasteiger partial charge in [-0.25, -0.2) is 0 Å². The van der Waals surface area contributed by atoms with Gasteiger partial charge < -0.3 is 0 Å². The molecule has 1 aliphatic carbocycles. The molecule has 0 N–H and O–H groups in total. The average molecular weight is 381 g/mol. The van der Waals surface area contributed by atoms with E-state index in [2.05, 4.69) is 70.1 Å². The molecule has 0 radical (unpaired) electrons. The van der Waals surface area contributed by atoms with Crippen LogP contribution < -0.4 is 0 Å². The topological polar surface area (TPSA) is 0 Å². The molecule has 0 unspecified atom stereocenters. The fourth-order valence-corrected chi connectivity index (χ4v) is 6.24. The third-order valence-corrected chi connectivity index (χ3v) is 7.62. The second-order valence-electron chi connectivity index (χ2n) is 5.41. The van der Waals surface area contributed by atoms with Gasteiger partial charge in [0.15, 0.2) is 0 Å². The zero-order chi connectivity index (χ0) is 15.9. The van der Waals surface area contributed by atoms with Crippen molar-refractivity contribution in [3.8, 4) is 0 Å². The normalized spacial score (nSPS) is 14.3. The lowest BCUT2D eigenvalue weighted by atomic mass is 9.77. The molecule has 0 aromatic carbocycles. The highest BCUT2D eigenvalue weighted by atomic mass is 32.1. The zero-order valence-electron chi connectivity index (χ0n) is 12.6. The summed E-state index contributed by atoms with van der Waals surface area (Å²) < 4.78 is 0. The van der Waals surface area contributed by atoms with Gasteiger partial charge in [0.1, 0.15) is 0 Å². The Morgan fingerprint density at radius 3 is 0.792 bits per heavy atom. The summed E-state index contributed by atoms with van der Waals surface area (Å²) in [4.78, 5) is 5.45. The molecule has 5 rings (SSSR count). The van der Waals surface area contributed by atoms with Crippen LogP contribution in [0.3, 0.4) is 0 Å². The molecule has 1 aliphatic rings. The van der Waals surface area contributed by atoms with Gasteiger partial charge in [-0.2, -0.15) is 0 Å². The highest BCUT2D eigenvalue weighted by Crippen LogP contribution is 2.58. The minimum atomic E-state index is 1.36. The molecule has 0 aliphatic heterocycles. The standard InChI is InChI=1S/C20H12S4/c1-5-13(21-9-1)17-18(14-6-2-10-22-14)20(16-8-4-12-24-16)19(17)15-7-3-11-23-15/h1-12H. The van der Waals surface area contributed by atoms with E-state index in [0.29, 0.717) is 0 Å². The van der Waals surface area contributed by atoms with Gasteiger partial charge in [-0.15, -0.1) is 45.3 Å². The predicted molar refractivity (Wildman–Crippen MR) is 111 cm³/mol. The molecule has 24 heavy (non-hydrogen) atoms. The van der Waals surface area contributed by atoms with Crippen LogP contribution in [0.5, 0.6) is 0 Å². The third-order valence-electron chi connectivity index (χ3n) is 4.07. The van der Waals surface area contributed by atoms with Crippen LogP contribution in [0, 0.1) is 0 Å². The summed E-state index contributed by atoms with van der Waals surface area (Å²) in [6.45, 7) is 0. The fourth-order valence-electron chi connectivity index (χ4n) is 3.11. The smallest absolute Gasteiger partial charge is 0.0356 e. The van der Waals surface area contributed by atoms with Crippen LogP contribution in [-0.4, -0.2) is 0 Å². The molecule has 0 nitrogen and oxygen atoms in total.